The summed E-state index contributed by atoms with van der Waals surface area (Å²) in [5.41, 5.74) is 0.0973. The Hall–Kier alpha value is -0.0800. The van der Waals surface area contributed by atoms with Gasteiger partial charge in [-0.2, -0.15) is 0 Å². The molecule has 0 N–H and O–H groups in total. The average molecular weight is 200 g/mol. The summed E-state index contributed by atoms with van der Waals surface area (Å²) in [5, 5.41) is 0. The number of hydrogen-bond donors (Lipinski definition) is 0. The Kier molecular flexibility index (Phi) is 2.99. The summed E-state index contributed by atoms with van der Waals surface area (Å²) >= 11 is 0. The van der Waals surface area contributed by atoms with Crippen molar-refractivity contribution in [3.05, 3.63) is 0 Å². The Morgan fingerprint density at radius 3 is 1.93 bits per heavy atom. The fraction of sp³-hybridized carbons (Fsp3) is 1.00. The summed E-state index contributed by atoms with van der Waals surface area (Å²) in [6.45, 7) is 13.1. The molecule has 2 atom stereocenters. The van der Waals surface area contributed by atoms with Gasteiger partial charge in [0.05, 0.1) is 0 Å². The Morgan fingerprint density at radius 2 is 1.57 bits per heavy atom. The first-order chi connectivity index (χ1) is 6.18. The maximum absolute atomic E-state index is 5.52. The first-order valence-corrected chi connectivity index (χ1v) is 5.55. The molecule has 2 nitrogen and oxygen atoms in total. The Morgan fingerprint density at radius 1 is 1.07 bits per heavy atom. The highest BCUT2D eigenvalue weighted by Crippen LogP contribution is 2.43. The van der Waals surface area contributed by atoms with Crippen LogP contribution < -0.4 is 0 Å². The summed E-state index contributed by atoms with van der Waals surface area (Å²) in [7, 11) is 0. The Bertz CT molecular complexity index is 207. The highest BCUT2D eigenvalue weighted by molar-refractivity contribution is 4.91. The van der Waals surface area contributed by atoms with E-state index in [4.69, 9.17) is 9.78 Å². The van der Waals surface area contributed by atoms with Crippen LogP contribution in [0.1, 0.15) is 60.8 Å². The lowest BCUT2D eigenvalue weighted by molar-refractivity contribution is -0.347. The van der Waals surface area contributed by atoms with Crippen LogP contribution in [0.3, 0.4) is 0 Å². The van der Waals surface area contributed by atoms with Crippen LogP contribution in [-0.4, -0.2) is 11.2 Å². The van der Waals surface area contributed by atoms with Gasteiger partial charge in [0.2, 0.25) is 0 Å². The van der Waals surface area contributed by atoms with E-state index in [9.17, 15) is 0 Å². The minimum absolute atomic E-state index is 0.0833. The van der Waals surface area contributed by atoms with Gasteiger partial charge in [-0.1, -0.05) is 27.7 Å². The maximum atomic E-state index is 5.52. The second-order valence-electron chi connectivity index (χ2n) is 6.33. The molecule has 1 aliphatic heterocycles. The summed E-state index contributed by atoms with van der Waals surface area (Å²) in [4.78, 5) is 11.0. The van der Waals surface area contributed by atoms with Crippen LogP contribution in [0.4, 0.5) is 0 Å². The zero-order valence-corrected chi connectivity index (χ0v) is 10.4. The van der Waals surface area contributed by atoms with Crippen LogP contribution in [0.15, 0.2) is 0 Å². The minimum Gasteiger partial charge on any atom is -0.230 e. The second kappa shape index (κ2) is 3.49. The van der Waals surface area contributed by atoms with Crippen LogP contribution in [0.25, 0.3) is 0 Å². The van der Waals surface area contributed by atoms with Crippen molar-refractivity contribution in [1.82, 2.24) is 0 Å². The molecule has 1 rings (SSSR count). The van der Waals surface area contributed by atoms with Gasteiger partial charge >= 0.3 is 0 Å². The zero-order valence-electron chi connectivity index (χ0n) is 10.4. The molecule has 1 fully saturated rings. The van der Waals surface area contributed by atoms with Crippen molar-refractivity contribution >= 4 is 0 Å². The van der Waals surface area contributed by atoms with Gasteiger partial charge in [0, 0.05) is 6.42 Å². The van der Waals surface area contributed by atoms with Crippen LogP contribution in [-0.2, 0) is 9.78 Å². The van der Waals surface area contributed by atoms with Crippen LogP contribution in [0.2, 0.25) is 0 Å². The molecule has 2 unspecified atom stereocenters. The van der Waals surface area contributed by atoms with Gasteiger partial charge in [0.1, 0.15) is 11.2 Å². The molecule has 0 saturated carbocycles. The van der Waals surface area contributed by atoms with Crippen LogP contribution in [0.5, 0.6) is 0 Å². The second-order valence-corrected chi connectivity index (χ2v) is 6.33. The van der Waals surface area contributed by atoms with Gasteiger partial charge < -0.3 is 0 Å². The van der Waals surface area contributed by atoms with Crippen LogP contribution >= 0.6 is 0 Å². The summed E-state index contributed by atoms with van der Waals surface area (Å²) < 4.78 is 0. The summed E-state index contributed by atoms with van der Waals surface area (Å²) in [5.74, 6) is 0. The van der Waals surface area contributed by atoms with Gasteiger partial charge in [-0.15, -0.1) is 0 Å². The molecule has 0 aromatic heterocycles. The predicted octanol–water partition coefficient (Wildman–Crippen LogP) is 3.70. The topological polar surface area (TPSA) is 18.5 Å². The zero-order chi connectivity index (χ0) is 11.0. The summed E-state index contributed by atoms with van der Waals surface area (Å²) in [6, 6.07) is 0. The molecule has 0 aromatic carbocycles. The molecule has 0 spiro atoms. The van der Waals surface area contributed by atoms with Crippen LogP contribution in [0, 0.1) is 5.41 Å². The Balaban J connectivity index is 2.63. The lowest BCUT2D eigenvalue weighted by Gasteiger charge is -2.29. The lowest BCUT2D eigenvalue weighted by Crippen LogP contribution is -2.31. The SMILES string of the molecule is CCC1(C)CC(C)(CC(C)(C)C)OO1. The normalized spacial score (nSPS) is 39.0. The molecular formula is C12H24O2. The van der Waals surface area contributed by atoms with Gasteiger partial charge in [0.25, 0.3) is 0 Å². The Labute approximate surface area is 87.9 Å². The van der Waals surface area contributed by atoms with Gasteiger partial charge in [-0.05, 0) is 32.1 Å². The fourth-order valence-electron chi connectivity index (χ4n) is 2.45. The van der Waals surface area contributed by atoms with E-state index in [1.54, 1.807) is 0 Å². The van der Waals surface area contributed by atoms with Crippen molar-refractivity contribution in [2.24, 2.45) is 5.41 Å². The standard InChI is InChI=1S/C12H24O2/c1-7-11(5)9-12(6,14-13-11)8-10(2,3)4/h7-9H2,1-6H3. The molecule has 84 valence electrons. The molecule has 1 saturated heterocycles. The van der Waals surface area contributed by atoms with Gasteiger partial charge in [0.15, 0.2) is 0 Å². The monoisotopic (exact) mass is 200 g/mol. The third kappa shape index (κ3) is 2.96. The van der Waals surface area contributed by atoms with E-state index in [1.807, 2.05) is 0 Å². The number of hydrogen-bond acceptors (Lipinski definition) is 2. The van der Waals surface area contributed by atoms with E-state index in [0.717, 1.165) is 19.3 Å². The number of rotatable bonds is 2. The third-order valence-electron chi connectivity index (χ3n) is 2.84. The fourth-order valence-corrected chi connectivity index (χ4v) is 2.45. The molecule has 0 bridgehead atoms. The smallest absolute Gasteiger partial charge is 0.104 e. The lowest BCUT2D eigenvalue weighted by atomic mass is 9.78. The average Bonchev–Trinajstić information content (AvgIpc) is 2.25. The predicted molar refractivity (Wildman–Crippen MR) is 58.0 cm³/mol. The van der Waals surface area contributed by atoms with Crippen molar-refractivity contribution in [2.45, 2.75) is 72.0 Å². The van der Waals surface area contributed by atoms with E-state index in [0.29, 0.717) is 0 Å². The molecule has 2 heteroatoms. The molecule has 0 aliphatic carbocycles. The highest BCUT2D eigenvalue weighted by atomic mass is 17.2. The summed E-state index contributed by atoms with van der Waals surface area (Å²) in [6.07, 6.45) is 3.04. The first-order valence-electron chi connectivity index (χ1n) is 5.55. The van der Waals surface area contributed by atoms with Gasteiger partial charge in [-0.25, -0.2) is 9.78 Å². The van der Waals surface area contributed by atoms with Crippen molar-refractivity contribution in [3.8, 4) is 0 Å². The van der Waals surface area contributed by atoms with Crippen molar-refractivity contribution in [1.29, 1.82) is 0 Å². The van der Waals surface area contributed by atoms with Gasteiger partial charge in [-0.3, -0.25) is 0 Å². The molecule has 1 aliphatic rings. The van der Waals surface area contributed by atoms with E-state index in [2.05, 4.69) is 41.5 Å². The molecule has 0 amide bonds. The van der Waals surface area contributed by atoms with Crippen molar-refractivity contribution in [3.63, 3.8) is 0 Å². The highest BCUT2D eigenvalue weighted by Gasteiger charge is 2.46. The van der Waals surface area contributed by atoms with E-state index in [1.165, 1.54) is 0 Å². The first kappa shape index (κ1) is 12.0. The van der Waals surface area contributed by atoms with Crippen molar-refractivity contribution < 1.29 is 9.78 Å². The van der Waals surface area contributed by atoms with E-state index in [-0.39, 0.29) is 16.6 Å². The van der Waals surface area contributed by atoms with E-state index < -0.39 is 0 Å². The minimum atomic E-state index is -0.108. The third-order valence-corrected chi connectivity index (χ3v) is 2.84. The largest absolute Gasteiger partial charge is 0.230 e. The molecule has 0 aromatic rings. The quantitative estimate of drug-likeness (QED) is 0.633. The molecule has 0 radical (unpaired) electrons. The van der Waals surface area contributed by atoms with E-state index >= 15 is 0 Å². The molecule has 14 heavy (non-hydrogen) atoms. The molecular weight excluding hydrogens is 176 g/mol. The maximum Gasteiger partial charge on any atom is 0.104 e. The van der Waals surface area contributed by atoms with Crippen molar-refractivity contribution in [2.75, 3.05) is 0 Å². The molecule has 1 heterocycles.